The number of amides is 2. The van der Waals surface area contributed by atoms with Crippen LogP contribution in [0.1, 0.15) is 22.3 Å². The summed E-state index contributed by atoms with van der Waals surface area (Å²) in [5.41, 5.74) is 5.33. The van der Waals surface area contributed by atoms with Crippen molar-refractivity contribution < 1.29 is 9.59 Å². The summed E-state index contributed by atoms with van der Waals surface area (Å²) in [6, 6.07) is 18.8. The molecule has 5 rings (SSSR count). The fourth-order valence-electron chi connectivity index (χ4n) is 4.27. The molecule has 8 heteroatoms. The SMILES string of the molecule is Cc1ccc(N2C(=O)/C(=C/c3cn(Cc4ccc(Cl)cc4Cl)c4ccccc34)C(=O)NC2=S)cc1C. The van der Waals surface area contributed by atoms with E-state index in [1.165, 1.54) is 4.90 Å². The van der Waals surface area contributed by atoms with Crippen LogP contribution in [0, 0.1) is 13.8 Å². The van der Waals surface area contributed by atoms with Crippen LogP contribution in [-0.4, -0.2) is 21.5 Å². The highest BCUT2D eigenvalue weighted by atomic mass is 35.5. The Morgan fingerprint density at radius 1 is 0.972 bits per heavy atom. The molecule has 180 valence electrons. The van der Waals surface area contributed by atoms with Crippen LogP contribution in [0.15, 0.2) is 72.4 Å². The zero-order chi connectivity index (χ0) is 25.6. The van der Waals surface area contributed by atoms with Gasteiger partial charge < -0.3 is 4.57 Å². The molecule has 2 amide bonds. The van der Waals surface area contributed by atoms with Gasteiger partial charge in [0, 0.05) is 39.3 Å². The maximum Gasteiger partial charge on any atom is 0.270 e. The number of para-hydroxylation sites is 1. The fourth-order valence-corrected chi connectivity index (χ4v) is 5.02. The standard InChI is InChI=1S/C28H21Cl2N3O2S/c1-16-7-10-21(11-17(16)2)33-27(35)23(26(34)31-28(33)36)12-19-15-32(25-6-4-3-5-22(19)25)14-18-8-9-20(29)13-24(18)30/h3-13,15H,14H2,1-2H3,(H,31,34,36)/b23-12+. The third-order valence-electron chi connectivity index (χ3n) is 6.33. The van der Waals surface area contributed by atoms with Gasteiger partial charge in [-0.3, -0.25) is 19.8 Å². The molecule has 36 heavy (non-hydrogen) atoms. The van der Waals surface area contributed by atoms with Crippen molar-refractivity contribution in [1.82, 2.24) is 9.88 Å². The number of aromatic nitrogens is 1. The molecule has 1 N–H and O–H groups in total. The number of rotatable bonds is 4. The summed E-state index contributed by atoms with van der Waals surface area (Å²) >= 11 is 17.8. The van der Waals surface area contributed by atoms with Gasteiger partial charge in [-0.05, 0) is 79.2 Å². The molecule has 0 aliphatic carbocycles. The van der Waals surface area contributed by atoms with Gasteiger partial charge in [-0.15, -0.1) is 0 Å². The zero-order valence-electron chi connectivity index (χ0n) is 19.5. The molecule has 0 unspecified atom stereocenters. The summed E-state index contributed by atoms with van der Waals surface area (Å²) in [5.74, 6) is -0.993. The fraction of sp³-hybridized carbons (Fsp3) is 0.107. The topological polar surface area (TPSA) is 54.3 Å². The van der Waals surface area contributed by atoms with Gasteiger partial charge in [-0.25, -0.2) is 0 Å². The first-order valence-electron chi connectivity index (χ1n) is 11.2. The zero-order valence-corrected chi connectivity index (χ0v) is 21.8. The summed E-state index contributed by atoms with van der Waals surface area (Å²) in [7, 11) is 0. The minimum absolute atomic E-state index is 0.00857. The highest BCUT2D eigenvalue weighted by molar-refractivity contribution is 7.80. The Hall–Kier alpha value is -3.45. The van der Waals surface area contributed by atoms with Crippen LogP contribution in [-0.2, 0) is 16.1 Å². The number of benzene rings is 3. The minimum Gasteiger partial charge on any atom is -0.342 e. The third-order valence-corrected chi connectivity index (χ3v) is 7.20. The number of aryl methyl sites for hydroxylation is 2. The third kappa shape index (κ3) is 4.44. The van der Waals surface area contributed by atoms with Crippen LogP contribution in [0.4, 0.5) is 5.69 Å². The molecular weight excluding hydrogens is 513 g/mol. The number of hydrogen-bond acceptors (Lipinski definition) is 3. The first-order valence-corrected chi connectivity index (χ1v) is 12.4. The number of fused-ring (bicyclic) bond motifs is 1. The Labute approximate surface area is 223 Å². The Bertz CT molecular complexity index is 1610. The molecule has 1 aliphatic rings. The van der Waals surface area contributed by atoms with Gasteiger partial charge >= 0.3 is 0 Å². The Morgan fingerprint density at radius 2 is 1.75 bits per heavy atom. The number of thiocarbonyl (C=S) groups is 1. The summed E-state index contributed by atoms with van der Waals surface area (Å²) in [6.45, 7) is 4.46. The van der Waals surface area contributed by atoms with Crippen LogP contribution in [0.5, 0.6) is 0 Å². The summed E-state index contributed by atoms with van der Waals surface area (Å²) in [4.78, 5) is 27.8. The maximum atomic E-state index is 13.5. The number of carbonyl (C=O) groups excluding carboxylic acids is 2. The first-order chi connectivity index (χ1) is 17.2. The first kappa shape index (κ1) is 24.3. The van der Waals surface area contributed by atoms with Crippen molar-refractivity contribution in [2.24, 2.45) is 0 Å². The Morgan fingerprint density at radius 3 is 2.50 bits per heavy atom. The van der Waals surface area contributed by atoms with Gasteiger partial charge in [-0.2, -0.15) is 0 Å². The van der Waals surface area contributed by atoms with E-state index in [-0.39, 0.29) is 10.7 Å². The second-order valence-electron chi connectivity index (χ2n) is 8.69. The largest absolute Gasteiger partial charge is 0.342 e. The molecule has 5 nitrogen and oxygen atoms in total. The van der Waals surface area contributed by atoms with Crippen molar-refractivity contribution in [2.75, 3.05) is 4.90 Å². The smallest absolute Gasteiger partial charge is 0.270 e. The minimum atomic E-state index is -0.525. The van der Waals surface area contributed by atoms with Crippen LogP contribution >= 0.6 is 35.4 Å². The second-order valence-corrected chi connectivity index (χ2v) is 9.92. The molecule has 0 radical (unpaired) electrons. The van der Waals surface area contributed by atoms with Gasteiger partial charge in [0.15, 0.2) is 5.11 Å². The van der Waals surface area contributed by atoms with Crippen LogP contribution in [0.25, 0.3) is 17.0 Å². The molecule has 0 bridgehead atoms. The van der Waals surface area contributed by atoms with Gasteiger partial charge in [0.05, 0.1) is 5.69 Å². The summed E-state index contributed by atoms with van der Waals surface area (Å²) in [5, 5.41) is 4.77. The Balaban J connectivity index is 1.57. The molecular formula is C28H21Cl2N3O2S. The maximum absolute atomic E-state index is 13.5. The number of carbonyl (C=O) groups is 2. The quantitative estimate of drug-likeness (QED) is 0.186. The number of halogens is 2. The highest BCUT2D eigenvalue weighted by Gasteiger charge is 2.34. The van der Waals surface area contributed by atoms with Crippen LogP contribution in [0.2, 0.25) is 10.0 Å². The van der Waals surface area contributed by atoms with Crippen LogP contribution in [0.3, 0.4) is 0 Å². The van der Waals surface area contributed by atoms with Crippen LogP contribution < -0.4 is 10.2 Å². The average molecular weight is 534 g/mol. The van der Waals surface area contributed by atoms with E-state index in [4.69, 9.17) is 35.4 Å². The van der Waals surface area contributed by atoms with E-state index >= 15 is 0 Å². The van der Waals surface area contributed by atoms with Crippen molar-refractivity contribution >= 4 is 75.0 Å². The molecule has 3 aromatic carbocycles. The lowest BCUT2D eigenvalue weighted by Gasteiger charge is -2.29. The van der Waals surface area contributed by atoms with Crippen molar-refractivity contribution in [3.05, 3.63) is 105 Å². The van der Waals surface area contributed by atoms with E-state index < -0.39 is 11.8 Å². The van der Waals surface area contributed by atoms with Gasteiger partial charge in [0.2, 0.25) is 0 Å². The second kappa shape index (κ2) is 9.54. The van der Waals surface area contributed by atoms with Gasteiger partial charge in [-0.1, -0.05) is 53.5 Å². The van der Waals surface area contributed by atoms with Crippen molar-refractivity contribution in [2.45, 2.75) is 20.4 Å². The molecule has 0 saturated carbocycles. The lowest BCUT2D eigenvalue weighted by Crippen LogP contribution is -2.54. The predicted molar refractivity (Wildman–Crippen MR) is 150 cm³/mol. The average Bonchev–Trinajstić information content (AvgIpc) is 3.18. The molecule has 0 atom stereocenters. The lowest BCUT2D eigenvalue weighted by molar-refractivity contribution is -0.122. The monoisotopic (exact) mass is 533 g/mol. The van der Waals surface area contributed by atoms with Crippen molar-refractivity contribution in [3.8, 4) is 0 Å². The van der Waals surface area contributed by atoms with Crippen molar-refractivity contribution in [1.29, 1.82) is 0 Å². The molecule has 0 spiro atoms. The van der Waals surface area contributed by atoms with Gasteiger partial charge in [0.25, 0.3) is 11.8 Å². The number of anilines is 1. The molecule has 1 aliphatic heterocycles. The molecule has 1 saturated heterocycles. The number of hydrogen-bond donors (Lipinski definition) is 1. The van der Waals surface area contributed by atoms with Crippen molar-refractivity contribution in [3.63, 3.8) is 0 Å². The highest BCUT2D eigenvalue weighted by Crippen LogP contribution is 2.29. The number of nitrogens with zero attached hydrogens (tertiary/aromatic N) is 2. The lowest BCUT2D eigenvalue weighted by atomic mass is 10.0. The normalized spacial score (nSPS) is 15.2. The Kier molecular flexibility index (Phi) is 6.43. The molecule has 1 fully saturated rings. The molecule has 4 aromatic rings. The van der Waals surface area contributed by atoms with E-state index in [2.05, 4.69) is 5.32 Å². The van der Waals surface area contributed by atoms with E-state index in [9.17, 15) is 9.59 Å². The van der Waals surface area contributed by atoms with Gasteiger partial charge in [0.1, 0.15) is 5.57 Å². The predicted octanol–water partition coefficient (Wildman–Crippen LogP) is 6.44. The van der Waals surface area contributed by atoms with E-state index in [1.807, 2.05) is 73.1 Å². The summed E-state index contributed by atoms with van der Waals surface area (Å²) < 4.78 is 2.04. The molecule has 2 heterocycles. The van der Waals surface area contributed by atoms with E-state index in [0.29, 0.717) is 22.3 Å². The van der Waals surface area contributed by atoms with E-state index in [0.717, 1.165) is 33.2 Å². The number of nitrogens with one attached hydrogen (secondary N) is 1. The molecule has 1 aromatic heterocycles. The van der Waals surface area contributed by atoms with E-state index in [1.54, 1.807) is 18.2 Å². The summed E-state index contributed by atoms with van der Waals surface area (Å²) in [6.07, 6.45) is 3.53.